The average Bonchev–Trinajstić information content (AvgIpc) is 2.60. The van der Waals surface area contributed by atoms with Crippen molar-refractivity contribution in [3.05, 3.63) is 40.5 Å². The SMILES string of the molecule is Cc1c(C(=O)Cl)noc1-c1cccc(Cl)c1. The summed E-state index contributed by atoms with van der Waals surface area (Å²) in [5.74, 6) is 0.506. The second-order valence-corrected chi connectivity index (χ2v) is 4.05. The van der Waals surface area contributed by atoms with Gasteiger partial charge in [0.25, 0.3) is 5.24 Å². The lowest BCUT2D eigenvalue weighted by molar-refractivity contribution is 0.107. The fraction of sp³-hybridized carbons (Fsp3) is 0.0909. The maximum absolute atomic E-state index is 11.0. The van der Waals surface area contributed by atoms with E-state index in [0.29, 0.717) is 16.3 Å². The van der Waals surface area contributed by atoms with Crippen LogP contribution in [-0.2, 0) is 0 Å². The topological polar surface area (TPSA) is 43.1 Å². The van der Waals surface area contributed by atoms with E-state index in [-0.39, 0.29) is 5.69 Å². The molecule has 0 unspecified atom stereocenters. The Morgan fingerprint density at radius 1 is 1.44 bits per heavy atom. The summed E-state index contributed by atoms with van der Waals surface area (Å²) in [7, 11) is 0. The molecule has 0 aliphatic rings. The second-order valence-electron chi connectivity index (χ2n) is 3.27. The van der Waals surface area contributed by atoms with Crippen LogP contribution in [0.4, 0.5) is 0 Å². The predicted octanol–water partition coefficient (Wildman–Crippen LogP) is 3.68. The Morgan fingerprint density at radius 2 is 2.19 bits per heavy atom. The summed E-state index contributed by atoms with van der Waals surface area (Å²) in [6, 6.07) is 7.10. The summed E-state index contributed by atoms with van der Waals surface area (Å²) in [4.78, 5) is 11.0. The van der Waals surface area contributed by atoms with Gasteiger partial charge >= 0.3 is 0 Å². The van der Waals surface area contributed by atoms with Crippen LogP contribution in [-0.4, -0.2) is 10.4 Å². The number of carbonyl (C=O) groups excluding carboxylic acids is 1. The third-order valence-corrected chi connectivity index (χ3v) is 2.61. The summed E-state index contributed by atoms with van der Waals surface area (Å²) in [6.45, 7) is 1.72. The molecule has 5 heteroatoms. The van der Waals surface area contributed by atoms with Crippen LogP contribution in [0.2, 0.25) is 5.02 Å². The molecule has 0 aliphatic carbocycles. The average molecular weight is 256 g/mol. The van der Waals surface area contributed by atoms with Crippen LogP contribution in [0.1, 0.15) is 16.1 Å². The van der Waals surface area contributed by atoms with Gasteiger partial charge in [0, 0.05) is 16.1 Å². The summed E-state index contributed by atoms with van der Waals surface area (Å²) in [5, 5.41) is 3.58. The smallest absolute Gasteiger partial charge is 0.274 e. The molecular formula is C11H7Cl2NO2. The number of rotatable bonds is 2. The van der Waals surface area contributed by atoms with E-state index >= 15 is 0 Å². The van der Waals surface area contributed by atoms with E-state index in [1.54, 1.807) is 25.1 Å². The Morgan fingerprint density at radius 3 is 2.75 bits per heavy atom. The molecule has 1 aromatic heterocycles. The highest BCUT2D eigenvalue weighted by Crippen LogP contribution is 2.28. The van der Waals surface area contributed by atoms with E-state index < -0.39 is 5.24 Å². The normalized spacial score (nSPS) is 10.4. The zero-order valence-electron chi connectivity index (χ0n) is 8.33. The fourth-order valence-electron chi connectivity index (χ4n) is 1.42. The van der Waals surface area contributed by atoms with Crippen molar-refractivity contribution in [2.45, 2.75) is 6.92 Å². The molecule has 0 fully saturated rings. The second kappa shape index (κ2) is 4.28. The predicted molar refractivity (Wildman–Crippen MR) is 61.9 cm³/mol. The van der Waals surface area contributed by atoms with Gasteiger partial charge in [-0.25, -0.2) is 0 Å². The highest BCUT2D eigenvalue weighted by molar-refractivity contribution is 6.67. The van der Waals surface area contributed by atoms with Crippen LogP contribution in [0.25, 0.3) is 11.3 Å². The summed E-state index contributed by atoms with van der Waals surface area (Å²) in [6.07, 6.45) is 0. The zero-order chi connectivity index (χ0) is 11.7. The highest BCUT2D eigenvalue weighted by atomic mass is 35.5. The third-order valence-electron chi connectivity index (χ3n) is 2.20. The molecule has 0 radical (unpaired) electrons. The van der Waals surface area contributed by atoms with Crippen LogP contribution in [0.3, 0.4) is 0 Å². The maximum Gasteiger partial charge on any atom is 0.274 e. The van der Waals surface area contributed by atoms with Crippen LogP contribution < -0.4 is 0 Å². The van der Waals surface area contributed by atoms with Crippen molar-refractivity contribution in [3.8, 4) is 11.3 Å². The number of halogens is 2. The molecule has 0 saturated heterocycles. The lowest BCUT2D eigenvalue weighted by Crippen LogP contribution is -1.91. The number of hydrogen-bond donors (Lipinski definition) is 0. The van der Waals surface area contributed by atoms with E-state index in [4.69, 9.17) is 27.7 Å². The van der Waals surface area contributed by atoms with Gasteiger partial charge in [-0.1, -0.05) is 28.9 Å². The van der Waals surface area contributed by atoms with Crippen molar-refractivity contribution < 1.29 is 9.32 Å². The van der Waals surface area contributed by atoms with Crippen LogP contribution in [0.15, 0.2) is 28.8 Å². The number of aromatic nitrogens is 1. The number of nitrogens with zero attached hydrogens (tertiary/aromatic N) is 1. The Kier molecular flexibility index (Phi) is 2.99. The molecule has 0 spiro atoms. The quantitative estimate of drug-likeness (QED) is 0.769. The lowest BCUT2D eigenvalue weighted by Gasteiger charge is -1.97. The van der Waals surface area contributed by atoms with E-state index in [1.807, 2.05) is 6.07 Å². The Labute approximate surface area is 102 Å². The fourth-order valence-corrected chi connectivity index (χ4v) is 1.78. The van der Waals surface area contributed by atoms with E-state index in [1.165, 1.54) is 0 Å². The molecule has 0 aliphatic heterocycles. The molecule has 0 amide bonds. The first kappa shape index (κ1) is 11.2. The molecule has 0 saturated carbocycles. The van der Waals surface area contributed by atoms with E-state index in [9.17, 15) is 4.79 Å². The van der Waals surface area contributed by atoms with Gasteiger partial charge < -0.3 is 4.52 Å². The summed E-state index contributed by atoms with van der Waals surface area (Å²) in [5.41, 5.74) is 1.51. The van der Waals surface area contributed by atoms with Crippen molar-refractivity contribution in [2.24, 2.45) is 0 Å². The Hall–Kier alpha value is -1.32. The molecule has 1 aromatic carbocycles. The van der Waals surface area contributed by atoms with Crippen LogP contribution in [0, 0.1) is 6.92 Å². The van der Waals surface area contributed by atoms with Gasteiger partial charge in [-0.15, -0.1) is 0 Å². The minimum atomic E-state index is -0.630. The molecule has 2 aromatic rings. The lowest BCUT2D eigenvalue weighted by atomic mass is 10.1. The van der Waals surface area contributed by atoms with E-state index in [0.717, 1.165) is 5.56 Å². The van der Waals surface area contributed by atoms with Crippen molar-refractivity contribution in [1.29, 1.82) is 0 Å². The van der Waals surface area contributed by atoms with Crippen molar-refractivity contribution >= 4 is 28.4 Å². The van der Waals surface area contributed by atoms with E-state index in [2.05, 4.69) is 5.16 Å². The minimum Gasteiger partial charge on any atom is -0.355 e. The van der Waals surface area contributed by atoms with Gasteiger partial charge in [-0.2, -0.15) is 0 Å². The van der Waals surface area contributed by atoms with Crippen molar-refractivity contribution in [2.75, 3.05) is 0 Å². The summed E-state index contributed by atoms with van der Waals surface area (Å²) < 4.78 is 5.08. The first-order valence-corrected chi connectivity index (χ1v) is 5.27. The molecule has 1 heterocycles. The highest BCUT2D eigenvalue weighted by Gasteiger charge is 2.17. The molecule has 0 bridgehead atoms. The van der Waals surface area contributed by atoms with Gasteiger partial charge in [0.15, 0.2) is 11.5 Å². The first-order valence-electron chi connectivity index (χ1n) is 4.51. The Bertz CT molecular complexity index is 549. The monoisotopic (exact) mass is 255 g/mol. The first-order chi connectivity index (χ1) is 7.59. The van der Waals surface area contributed by atoms with Gasteiger partial charge in [0.1, 0.15) is 0 Å². The van der Waals surface area contributed by atoms with Crippen molar-refractivity contribution in [1.82, 2.24) is 5.16 Å². The largest absolute Gasteiger partial charge is 0.355 e. The molecule has 0 atom stereocenters. The number of carbonyl (C=O) groups is 1. The van der Waals surface area contributed by atoms with Gasteiger partial charge in [0.05, 0.1) is 0 Å². The minimum absolute atomic E-state index is 0.136. The number of benzene rings is 1. The standard InChI is InChI=1S/C11H7Cl2NO2/c1-6-9(11(13)15)14-16-10(6)7-3-2-4-8(12)5-7/h2-5H,1H3. The molecule has 3 nitrogen and oxygen atoms in total. The molecular weight excluding hydrogens is 249 g/mol. The van der Waals surface area contributed by atoms with Crippen LogP contribution >= 0.6 is 23.2 Å². The molecule has 82 valence electrons. The molecule has 2 rings (SSSR count). The Balaban J connectivity index is 2.53. The number of hydrogen-bond acceptors (Lipinski definition) is 3. The third kappa shape index (κ3) is 1.96. The zero-order valence-corrected chi connectivity index (χ0v) is 9.84. The van der Waals surface area contributed by atoms with Gasteiger partial charge in [0.2, 0.25) is 0 Å². The van der Waals surface area contributed by atoms with Crippen LogP contribution in [0.5, 0.6) is 0 Å². The molecule has 16 heavy (non-hydrogen) atoms. The molecule has 0 N–H and O–H groups in total. The van der Waals surface area contributed by atoms with Crippen molar-refractivity contribution in [3.63, 3.8) is 0 Å². The van der Waals surface area contributed by atoms with Gasteiger partial charge in [-0.3, -0.25) is 4.79 Å². The summed E-state index contributed by atoms with van der Waals surface area (Å²) >= 11 is 11.2. The van der Waals surface area contributed by atoms with Gasteiger partial charge in [-0.05, 0) is 30.7 Å². The maximum atomic E-state index is 11.0.